The van der Waals surface area contributed by atoms with E-state index in [0.717, 1.165) is 54.3 Å². The minimum Gasteiger partial charge on any atom is -0.351 e. The van der Waals surface area contributed by atoms with Crippen molar-refractivity contribution in [2.45, 2.75) is 55.5 Å². The zero-order valence-electron chi connectivity index (χ0n) is 18.4. The first-order valence-corrected chi connectivity index (χ1v) is 12.3. The maximum atomic E-state index is 13.2. The smallest absolute Gasteiger partial charge is 0.327 e. The molecule has 7 nitrogen and oxygen atoms in total. The molecule has 1 aromatic heterocycles. The Kier molecular flexibility index (Phi) is 5.82. The molecule has 5 rings (SSSR count). The zero-order valence-corrected chi connectivity index (χ0v) is 19.2. The Morgan fingerprint density at radius 1 is 1.28 bits per heavy atom. The lowest BCUT2D eigenvalue weighted by atomic mass is 9.98. The molecule has 1 aromatic carbocycles. The molecule has 3 aliphatic rings. The molecule has 0 saturated carbocycles. The Morgan fingerprint density at radius 3 is 2.81 bits per heavy atom. The van der Waals surface area contributed by atoms with E-state index < -0.39 is 5.25 Å². The quantitative estimate of drug-likeness (QED) is 0.648. The maximum Gasteiger partial charge on any atom is 0.327 e. The summed E-state index contributed by atoms with van der Waals surface area (Å²) in [6.45, 7) is 6.18. The van der Waals surface area contributed by atoms with Gasteiger partial charge in [-0.25, -0.2) is 9.78 Å². The van der Waals surface area contributed by atoms with Crippen molar-refractivity contribution in [3.8, 4) is 0 Å². The van der Waals surface area contributed by atoms with Crippen molar-refractivity contribution in [2.24, 2.45) is 5.92 Å². The average Bonchev–Trinajstić information content (AvgIpc) is 3.15. The molecule has 32 heavy (non-hydrogen) atoms. The molecule has 0 aliphatic carbocycles. The summed E-state index contributed by atoms with van der Waals surface area (Å²) >= 11 is 1.44. The highest BCUT2D eigenvalue weighted by molar-refractivity contribution is 8.01. The molecule has 1 saturated heterocycles. The lowest BCUT2D eigenvalue weighted by Crippen LogP contribution is -2.52. The van der Waals surface area contributed by atoms with Gasteiger partial charge >= 0.3 is 6.03 Å². The van der Waals surface area contributed by atoms with Crippen molar-refractivity contribution >= 4 is 35.1 Å². The van der Waals surface area contributed by atoms with Gasteiger partial charge in [0.05, 0.1) is 17.4 Å². The number of aromatic nitrogens is 1. The summed E-state index contributed by atoms with van der Waals surface area (Å²) < 4.78 is 0. The first kappa shape index (κ1) is 21.3. The third kappa shape index (κ3) is 3.97. The number of urea groups is 1. The Morgan fingerprint density at radius 2 is 2.09 bits per heavy atom. The number of nitrogens with one attached hydrogen (secondary N) is 3. The lowest BCUT2D eigenvalue weighted by Gasteiger charge is -2.34. The summed E-state index contributed by atoms with van der Waals surface area (Å²) in [6, 6.07) is 9.57. The zero-order chi connectivity index (χ0) is 22.2. The van der Waals surface area contributed by atoms with Gasteiger partial charge in [0, 0.05) is 24.3 Å². The molecule has 168 valence electrons. The van der Waals surface area contributed by atoms with E-state index in [9.17, 15) is 9.59 Å². The summed E-state index contributed by atoms with van der Waals surface area (Å²) in [6.07, 6.45) is 4.76. The van der Waals surface area contributed by atoms with Crippen LogP contribution >= 0.6 is 11.8 Å². The minimum absolute atomic E-state index is 0.0376. The van der Waals surface area contributed by atoms with Crippen molar-refractivity contribution in [2.75, 3.05) is 18.0 Å². The van der Waals surface area contributed by atoms with E-state index in [1.54, 1.807) is 11.1 Å². The van der Waals surface area contributed by atoms with Crippen LogP contribution in [0.3, 0.4) is 0 Å². The van der Waals surface area contributed by atoms with Crippen LogP contribution in [0.4, 0.5) is 16.2 Å². The lowest BCUT2D eigenvalue weighted by molar-refractivity contribution is -0.121. The Balaban J connectivity index is 1.41. The maximum absolute atomic E-state index is 13.2. The van der Waals surface area contributed by atoms with Gasteiger partial charge in [0.2, 0.25) is 5.91 Å². The summed E-state index contributed by atoms with van der Waals surface area (Å²) in [4.78, 5) is 32.6. The normalized spacial score (nSPS) is 24.3. The number of carbonyl (C=O) groups excluding carboxylic acids is 2. The first-order chi connectivity index (χ1) is 15.5. The number of benzene rings is 1. The number of hydrogen-bond acceptors (Lipinski definition) is 5. The number of piperidine rings is 1. The summed E-state index contributed by atoms with van der Waals surface area (Å²) in [5, 5.41) is 9.98. The molecular formula is C24H29N5O2S. The third-order valence-electron chi connectivity index (χ3n) is 6.25. The molecule has 3 N–H and O–H groups in total. The van der Waals surface area contributed by atoms with Crippen LogP contribution in [0.1, 0.15) is 43.9 Å². The van der Waals surface area contributed by atoms with Crippen LogP contribution in [0.2, 0.25) is 0 Å². The van der Waals surface area contributed by atoms with Gasteiger partial charge in [0.15, 0.2) is 0 Å². The highest BCUT2D eigenvalue weighted by Gasteiger charge is 2.46. The van der Waals surface area contributed by atoms with Crippen molar-refractivity contribution in [3.05, 3.63) is 47.7 Å². The number of rotatable bonds is 5. The molecule has 4 heterocycles. The van der Waals surface area contributed by atoms with E-state index in [1.807, 2.05) is 18.2 Å². The fraction of sp³-hybridized carbons (Fsp3) is 0.458. The van der Waals surface area contributed by atoms with Crippen LogP contribution in [0.15, 0.2) is 41.6 Å². The first-order valence-electron chi connectivity index (χ1n) is 11.4. The third-order valence-corrected chi connectivity index (χ3v) is 7.53. The predicted molar refractivity (Wildman–Crippen MR) is 126 cm³/mol. The second kappa shape index (κ2) is 8.75. The Labute approximate surface area is 192 Å². The van der Waals surface area contributed by atoms with E-state index in [2.05, 4.69) is 46.9 Å². The number of pyridine rings is 1. The molecule has 8 heteroatoms. The molecule has 3 aliphatic heterocycles. The number of amides is 3. The van der Waals surface area contributed by atoms with Crippen molar-refractivity contribution in [1.82, 2.24) is 20.9 Å². The molecule has 1 fully saturated rings. The van der Waals surface area contributed by atoms with Gasteiger partial charge in [0.1, 0.15) is 10.3 Å². The van der Waals surface area contributed by atoms with Crippen LogP contribution in [0.25, 0.3) is 0 Å². The van der Waals surface area contributed by atoms with E-state index >= 15 is 0 Å². The average molecular weight is 452 g/mol. The van der Waals surface area contributed by atoms with Gasteiger partial charge in [-0.15, -0.1) is 0 Å². The number of thioether (sulfide) groups is 1. The second-order valence-corrected chi connectivity index (χ2v) is 10.3. The molecule has 3 amide bonds. The molecular weight excluding hydrogens is 422 g/mol. The van der Waals surface area contributed by atoms with Crippen molar-refractivity contribution in [3.63, 3.8) is 0 Å². The predicted octanol–water partition coefficient (Wildman–Crippen LogP) is 3.53. The summed E-state index contributed by atoms with van der Waals surface area (Å²) in [5.41, 5.74) is 3.81. The van der Waals surface area contributed by atoms with E-state index in [0.29, 0.717) is 5.92 Å². The van der Waals surface area contributed by atoms with Gasteiger partial charge in [-0.2, -0.15) is 0 Å². The molecule has 0 radical (unpaired) electrons. The van der Waals surface area contributed by atoms with Gasteiger partial charge in [-0.3, -0.25) is 9.69 Å². The highest BCUT2D eigenvalue weighted by Crippen LogP contribution is 2.50. The largest absolute Gasteiger partial charge is 0.351 e. The van der Waals surface area contributed by atoms with Crippen LogP contribution in [-0.2, 0) is 11.2 Å². The SMILES string of the molecule is CC(C)Cc1ccc(N2C(=O)NC3c4c2ccnc4S[C@H]3C(=O)NC2CCCNC2)cc1. The van der Waals surface area contributed by atoms with Crippen molar-refractivity contribution < 1.29 is 9.59 Å². The van der Waals surface area contributed by atoms with Crippen LogP contribution in [0.5, 0.6) is 0 Å². The number of nitrogens with zero attached hydrogens (tertiary/aromatic N) is 2. The van der Waals surface area contributed by atoms with Gasteiger partial charge in [-0.1, -0.05) is 37.7 Å². The van der Waals surface area contributed by atoms with Crippen LogP contribution in [0, 0.1) is 5.92 Å². The molecule has 2 aromatic rings. The fourth-order valence-electron chi connectivity index (χ4n) is 4.79. The van der Waals surface area contributed by atoms with Crippen LogP contribution in [-0.4, -0.2) is 41.3 Å². The van der Waals surface area contributed by atoms with Crippen LogP contribution < -0.4 is 20.9 Å². The van der Waals surface area contributed by atoms with Gasteiger partial charge in [0.25, 0.3) is 0 Å². The minimum atomic E-state index is -0.417. The fourth-order valence-corrected chi connectivity index (χ4v) is 6.03. The molecule has 3 atom stereocenters. The van der Waals surface area contributed by atoms with E-state index in [4.69, 9.17) is 0 Å². The standard InChI is InChI=1S/C24H29N5O2S/c1-14(2)12-15-5-7-17(8-6-15)29-18-9-11-26-23-19(18)20(28-24(29)31)21(32-23)22(30)27-16-4-3-10-25-13-16/h5-9,11,14,16,20-21,25H,3-4,10,12-13H2,1-2H3,(H,27,30)(H,28,31)/t16?,20?,21-/m1/s1. The molecule has 0 spiro atoms. The number of hydrogen-bond donors (Lipinski definition) is 3. The van der Waals surface area contributed by atoms with Crippen molar-refractivity contribution in [1.29, 1.82) is 0 Å². The Bertz CT molecular complexity index is 1020. The topological polar surface area (TPSA) is 86.4 Å². The monoisotopic (exact) mass is 451 g/mol. The highest BCUT2D eigenvalue weighted by atomic mass is 32.2. The van der Waals surface area contributed by atoms with Gasteiger partial charge in [-0.05, 0) is 55.5 Å². The van der Waals surface area contributed by atoms with E-state index in [-0.39, 0.29) is 24.0 Å². The van der Waals surface area contributed by atoms with E-state index in [1.165, 1.54) is 17.3 Å². The molecule has 2 unspecified atom stereocenters. The molecule has 0 bridgehead atoms. The second-order valence-electron chi connectivity index (χ2n) is 9.17. The number of carbonyl (C=O) groups is 2. The Hall–Kier alpha value is -2.58. The number of anilines is 2. The van der Waals surface area contributed by atoms with Gasteiger partial charge < -0.3 is 16.0 Å². The summed E-state index contributed by atoms with van der Waals surface area (Å²) in [7, 11) is 0. The summed E-state index contributed by atoms with van der Waals surface area (Å²) in [5.74, 6) is 0.539.